The molecule has 4 aliphatic rings. The summed E-state index contributed by atoms with van der Waals surface area (Å²) in [6.45, 7) is 12.4. The minimum absolute atomic E-state index is 0.0884. The SMILES string of the molecule is C1CCOC1.CC(C)(C)OC(=O)NS(=O)(=O)C1CC1.COCC1(S(=O)(=O)NC(=O)OC(C)(C)C)CC1.COCC1(S(N)(=O)=O)CC1.COCCl. The van der Waals surface area contributed by atoms with Gasteiger partial charge in [-0.1, -0.05) is 11.6 Å². The molecule has 21 heteroatoms. The first kappa shape index (κ1) is 48.5. The van der Waals surface area contributed by atoms with E-state index in [1.165, 1.54) is 27.1 Å². The van der Waals surface area contributed by atoms with Crippen molar-refractivity contribution in [1.29, 1.82) is 0 Å². The number of nitrogens with one attached hydrogen (secondary N) is 2. The number of sulfonamides is 3. The molecule has 0 aromatic heterocycles. The van der Waals surface area contributed by atoms with E-state index < -0.39 is 68.2 Å². The van der Waals surface area contributed by atoms with Crippen molar-refractivity contribution in [2.24, 2.45) is 5.14 Å². The fraction of sp³-hybridized carbons (Fsp3) is 0.931. The van der Waals surface area contributed by atoms with Crippen LogP contribution in [0.3, 0.4) is 0 Å². The second-order valence-electron chi connectivity index (χ2n) is 14.0. The fourth-order valence-electron chi connectivity index (χ4n) is 3.71. The van der Waals surface area contributed by atoms with Gasteiger partial charge in [-0.25, -0.2) is 49.4 Å². The summed E-state index contributed by atoms with van der Waals surface area (Å²) in [5.74, 6) is 0. The Kier molecular flexibility index (Phi) is 20.0. The highest BCUT2D eigenvalue weighted by molar-refractivity contribution is 7.92. The lowest BCUT2D eigenvalue weighted by molar-refractivity contribution is 0.0556. The van der Waals surface area contributed by atoms with Gasteiger partial charge in [0, 0.05) is 34.5 Å². The van der Waals surface area contributed by atoms with E-state index in [0.29, 0.717) is 44.6 Å². The van der Waals surface area contributed by atoms with Gasteiger partial charge in [-0.3, -0.25) is 0 Å². The number of carbonyl (C=O) groups is 2. The van der Waals surface area contributed by atoms with Gasteiger partial charge in [0.25, 0.3) is 0 Å². The van der Waals surface area contributed by atoms with E-state index in [1.54, 1.807) is 48.7 Å². The number of halogens is 1. The Morgan fingerprint density at radius 2 is 1.12 bits per heavy atom. The maximum atomic E-state index is 11.9. The molecule has 2 amide bonds. The van der Waals surface area contributed by atoms with Crippen LogP contribution in [0, 0.1) is 0 Å². The van der Waals surface area contributed by atoms with Crippen molar-refractivity contribution in [3.8, 4) is 0 Å². The summed E-state index contributed by atoms with van der Waals surface area (Å²) in [7, 11) is -6.13. The first-order valence-corrected chi connectivity index (χ1v) is 21.0. The Labute approximate surface area is 303 Å². The summed E-state index contributed by atoms with van der Waals surface area (Å²) < 4.78 is 98.7. The summed E-state index contributed by atoms with van der Waals surface area (Å²) in [5, 5.41) is 4.55. The van der Waals surface area contributed by atoms with E-state index in [1.807, 2.05) is 9.44 Å². The van der Waals surface area contributed by atoms with E-state index in [2.05, 4.69) is 4.74 Å². The van der Waals surface area contributed by atoms with Crippen LogP contribution >= 0.6 is 11.6 Å². The molecule has 50 heavy (non-hydrogen) atoms. The lowest BCUT2D eigenvalue weighted by Gasteiger charge is -2.21. The number of nitrogens with two attached hydrogens (primary N) is 1. The average Bonchev–Trinajstić information content (AvgIpc) is 3.85. The molecule has 3 aliphatic carbocycles. The number of carbonyl (C=O) groups excluding carboxylic acids is 2. The predicted octanol–water partition coefficient (Wildman–Crippen LogP) is 3.10. The first-order valence-electron chi connectivity index (χ1n) is 15.9. The van der Waals surface area contributed by atoms with Crippen molar-refractivity contribution in [2.75, 3.05) is 53.8 Å². The van der Waals surface area contributed by atoms with E-state index in [0.717, 1.165) is 13.2 Å². The van der Waals surface area contributed by atoms with Crippen LogP contribution in [-0.4, -0.2) is 117 Å². The molecule has 0 aromatic carbocycles. The third-order valence-electron chi connectivity index (χ3n) is 6.74. The molecule has 0 radical (unpaired) electrons. The second-order valence-corrected chi connectivity index (χ2v) is 20.2. The molecule has 0 aromatic rings. The number of methoxy groups -OCH3 is 3. The minimum Gasteiger partial charge on any atom is -0.443 e. The maximum Gasteiger partial charge on any atom is 0.421 e. The molecule has 4 fully saturated rings. The molecule has 298 valence electrons. The van der Waals surface area contributed by atoms with Gasteiger partial charge < -0.3 is 28.4 Å². The largest absolute Gasteiger partial charge is 0.443 e. The zero-order valence-electron chi connectivity index (χ0n) is 30.7. The monoisotopic (exact) mass is 803 g/mol. The molecule has 1 saturated heterocycles. The van der Waals surface area contributed by atoms with Crippen LogP contribution in [0.15, 0.2) is 0 Å². The number of rotatable bonds is 10. The minimum atomic E-state index is -3.73. The van der Waals surface area contributed by atoms with E-state index in [4.69, 9.17) is 40.4 Å². The zero-order valence-corrected chi connectivity index (χ0v) is 33.9. The standard InChI is InChI=1S/C10H19NO5S.C8H15NO4S.C5H11NO3S.C4H8O.C2H5ClO/c1-9(2,3)16-8(12)11-17(13,14)10(5-6-10)7-15-4;1-8(2,3)13-7(10)9-14(11,12)6-4-5-6;1-9-4-5(2-3-5)10(6,7)8;1-2-4-5-3-1;1-4-2-3/h5-7H2,1-4H3,(H,11,12);6H,4-5H2,1-3H3,(H,9,10);2-4H2,1H3,(H2,6,7,8);1-4H2;2H2,1H3. The van der Waals surface area contributed by atoms with Crippen molar-refractivity contribution < 1.29 is 63.3 Å². The Bertz CT molecular complexity index is 1350. The third-order valence-corrected chi connectivity index (χ3v) is 12.6. The van der Waals surface area contributed by atoms with Crippen LogP contribution < -0.4 is 14.6 Å². The van der Waals surface area contributed by atoms with Crippen LogP contribution in [0.2, 0.25) is 0 Å². The van der Waals surface area contributed by atoms with Gasteiger partial charge in [0.1, 0.15) is 26.8 Å². The second kappa shape index (κ2) is 20.6. The molecule has 3 saturated carbocycles. The average molecular weight is 804 g/mol. The lowest BCUT2D eigenvalue weighted by Crippen LogP contribution is -2.44. The summed E-state index contributed by atoms with van der Waals surface area (Å²) in [5.41, 5.74) is -1.40. The van der Waals surface area contributed by atoms with Crippen LogP contribution in [-0.2, 0) is 58.5 Å². The van der Waals surface area contributed by atoms with Gasteiger partial charge in [0.05, 0.1) is 18.5 Å². The van der Waals surface area contributed by atoms with Gasteiger partial charge in [-0.05, 0) is 92.9 Å². The van der Waals surface area contributed by atoms with Gasteiger partial charge in [-0.2, -0.15) is 0 Å². The van der Waals surface area contributed by atoms with Crippen LogP contribution in [0.4, 0.5) is 9.59 Å². The van der Waals surface area contributed by atoms with E-state index in [-0.39, 0.29) is 13.2 Å². The van der Waals surface area contributed by atoms with Crippen molar-refractivity contribution in [3.63, 3.8) is 0 Å². The number of amides is 2. The lowest BCUT2D eigenvalue weighted by atomic mass is 10.2. The fourth-order valence-corrected chi connectivity index (χ4v) is 7.25. The van der Waals surface area contributed by atoms with Gasteiger partial charge in [-0.15, -0.1) is 0 Å². The molecule has 17 nitrogen and oxygen atoms in total. The maximum absolute atomic E-state index is 11.9. The smallest absolute Gasteiger partial charge is 0.421 e. The van der Waals surface area contributed by atoms with Crippen LogP contribution in [0.5, 0.6) is 0 Å². The molecule has 1 aliphatic heterocycles. The highest BCUT2D eigenvalue weighted by atomic mass is 35.5. The summed E-state index contributed by atoms with van der Waals surface area (Å²) in [6, 6.07) is 0.292. The molecule has 4 N–H and O–H groups in total. The zero-order chi connectivity index (χ0) is 39.1. The molecule has 4 rings (SSSR count). The van der Waals surface area contributed by atoms with Crippen LogP contribution in [0.1, 0.15) is 92.9 Å². The van der Waals surface area contributed by atoms with Crippen LogP contribution in [0.25, 0.3) is 0 Å². The summed E-state index contributed by atoms with van der Waals surface area (Å²) >= 11 is 4.96. The van der Waals surface area contributed by atoms with Crippen molar-refractivity contribution >= 4 is 53.9 Å². The molecule has 0 unspecified atom stereocenters. The Morgan fingerprint density at radius 3 is 1.36 bits per heavy atom. The highest BCUT2D eigenvalue weighted by Gasteiger charge is 2.56. The quantitative estimate of drug-likeness (QED) is 0.269. The number of alkyl halides is 1. The Hall–Kier alpha value is -1.52. The van der Waals surface area contributed by atoms with Gasteiger partial charge >= 0.3 is 12.2 Å². The van der Waals surface area contributed by atoms with Crippen molar-refractivity contribution in [1.82, 2.24) is 9.44 Å². The normalized spacial score (nSPS) is 18.8. The summed E-state index contributed by atoms with van der Waals surface area (Å²) in [6.07, 6.45) is 4.23. The van der Waals surface area contributed by atoms with E-state index in [9.17, 15) is 34.8 Å². The topological polar surface area (TPSA) is 242 Å². The molecule has 0 atom stereocenters. The molecule has 0 bridgehead atoms. The van der Waals surface area contributed by atoms with Gasteiger partial charge in [0.2, 0.25) is 30.1 Å². The summed E-state index contributed by atoms with van der Waals surface area (Å²) in [4.78, 5) is 22.5. The first-order chi connectivity index (χ1) is 22.8. The molecular weight excluding hydrogens is 746 g/mol. The number of hydrogen-bond acceptors (Lipinski definition) is 14. The van der Waals surface area contributed by atoms with Crippen molar-refractivity contribution in [2.45, 2.75) is 119 Å². The molecular formula is C29H58ClN3O14S3. The number of ether oxygens (including phenoxy) is 6. The van der Waals surface area contributed by atoms with E-state index >= 15 is 0 Å². The number of primary sulfonamides is 1. The predicted molar refractivity (Wildman–Crippen MR) is 188 cm³/mol. The highest BCUT2D eigenvalue weighted by Crippen LogP contribution is 2.43. The third kappa shape index (κ3) is 19.9. The van der Waals surface area contributed by atoms with Crippen molar-refractivity contribution in [3.05, 3.63) is 0 Å². The number of hydrogen-bond donors (Lipinski definition) is 3. The Morgan fingerprint density at radius 1 is 0.740 bits per heavy atom. The van der Waals surface area contributed by atoms with Gasteiger partial charge in [0.15, 0.2) is 0 Å². The molecule has 1 heterocycles. The Balaban J connectivity index is 0.000000652. The molecule has 0 spiro atoms.